The van der Waals surface area contributed by atoms with E-state index >= 15 is 0 Å². The van der Waals surface area contributed by atoms with Gasteiger partial charge in [-0.05, 0) is 60.3 Å². The van der Waals surface area contributed by atoms with Crippen LogP contribution in [0, 0.1) is 12.8 Å². The molecule has 38 heavy (non-hydrogen) atoms. The highest BCUT2D eigenvalue weighted by atomic mass is 35.5. The van der Waals surface area contributed by atoms with Crippen LogP contribution < -0.4 is 15.0 Å². The molecule has 7 nitrogen and oxygen atoms in total. The molecular weight excluding hydrogens is 504 g/mol. The Morgan fingerprint density at radius 2 is 1.76 bits per heavy atom. The molecule has 0 bridgehead atoms. The van der Waals surface area contributed by atoms with Gasteiger partial charge in [-0.2, -0.15) is 0 Å². The van der Waals surface area contributed by atoms with E-state index in [1.165, 1.54) is 0 Å². The second-order valence-corrected chi connectivity index (χ2v) is 9.53. The average molecular weight is 529 g/mol. The third-order valence-corrected chi connectivity index (χ3v) is 6.64. The van der Waals surface area contributed by atoms with Gasteiger partial charge in [0.15, 0.2) is 6.61 Å². The number of esters is 1. The Bertz CT molecular complexity index is 1510. The number of carbonyl (C=O) groups is 3. The van der Waals surface area contributed by atoms with Crippen molar-refractivity contribution < 1.29 is 23.9 Å². The first-order valence-electron chi connectivity index (χ1n) is 12.2. The number of anilines is 2. The van der Waals surface area contributed by atoms with Crippen LogP contribution in [0.3, 0.4) is 0 Å². The molecule has 1 aliphatic rings. The van der Waals surface area contributed by atoms with Crippen molar-refractivity contribution in [2.24, 2.45) is 5.92 Å². The summed E-state index contributed by atoms with van der Waals surface area (Å²) in [6.45, 7) is 1.56. The summed E-state index contributed by atoms with van der Waals surface area (Å²) in [5.41, 5.74) is 2.04. The minimum absolute atomic E-state index is 0.0160. The van der Waals surface area contributed by atoms with E-state index in [-0.39, 0.29) is 18.9 Å². The first-order chi connectivity index (χ1) is 18.4. The number of ether oxygens (including phenoxy) is 2. The summed E-state index contributed by atoms with van der Waals surface area (Å²) in [5.74, 6) is -0.538. The SMILES string of the molecule is Cc1ccc(Cl)cc1NC(=O)COC(=O)[C@@H]1CC(=O)N(c2ccc(Oc3cccc4ccccc34)cc2)C1. The van der Waals surface area contributed by atoms with Crippen molar-refractivity contribution in [1.82, 2.24) is 0 Å². The molecule has 1 atom stereocenters. The van der Waals surface area contributed by atoms with Crippen LogP contribution in [0.5, 0.6) is 11.5 Å². The van der Waals surface area contributed by atoms with Crippen molar-refractivity contribution in [2.75, 3.05) is 23.4 Å². The topological polar surface area (TPSA) is 84.9 Å². The van der Waals surface area contributed by atoms with E-state index in [0.29, 0.717) is 22.1 Å². The van der Waals surface area contributed by atoms with Crippen LogP contribution in [-0.4, -0.2) is 30.9 Å². The lowest BCUT2D eigenvalue weighted by Gasteiger charge is -2.17. The molecule has 4 aromatic rings. The maximum Gasteiger partial charge on any atom is 0.311 e. The first-order valence-corrected chi connectivity index (χ1v) is 12.5. The van der Waals surface area contributed by atoms with Crippen molar-refractivity contribution in [1.29, 1.82) is 0 Å². The predicted octanol–water partition coefficient (Wildman–Crippen LogP) is 6.13. The van der Waals surface area contributed by atoms with Gasteiger partial charge in [-0.15, -0.1) is 0 Å². The normalized spacial score (nSPS) is 14.9. The highest BCUT2D eigenvalue weighted by Gasteiger charge is 2.36. The van der Waals surface area contributed by atoms with Gasteiger partial charge in [-0.25, -0.2) is 0 Å². The van der Waals surface area contributed by atoms with Gasteiger partial charge in [-0.3, -0.25) is 14.4 Å². The predicted molar refractivity (Wildman–Crippen MR) is 147 cm³/mol. The van der Waals surface area contributed by atoms with E-state index in [1.807, 2.05) is 49.4 Å². The van der Waals surface area contributed by atoms with Crippen molar-refractivity contribution in [2.45, 2.75) is 13.3 Å². The second-order valence-electron chi connectivity index (χ2n) is 9.09. The summed E-state index contributed by atoms with van der Waals surface area (Å²) in [4.78, 5) is 39.0. The van der Waals surface area contributed by atoms with Crippen LogP contribution in [0.25, 0.3) is 10.8 Å². The fourth-order valence-corrected chi connectivity index (χ4v) is 4.56. The number of benzene rings is 4. The van der Waals surface area contributed by atoms with E-state index in [2.05, 4.69) is 5.32 Å². The molecule has 8 heteroatoms. The molecule has 0 spiro atoms. The second kappa shape index (κ2) is 10.9. The van der Waals surface area contributed by atoms with Crippen LogP contribution in [-0.2, 0) is 19.1 Å². The number of fused-ring (bicyclic) bond motifs is 1. The van der Waals surface area contributed by atoms with Gasteiger partial charge < -0.3 is 19.7 Å². The molecule has 5 rings (SSSR count). The zero-order valence-corrected chi connectivity index (χ0v) is 21.4. The van der Waals surface area contributed by atoms with Gasteiger partial charge in [0.2, 0.25) is 5.91 Å². The van der Waals surface area contributed by atoms with Crippen molar-refractivity contribution in [3.05, 3.63) is 95.5 Å². The first kappa shape index (κ1) is 25.3. The van der Waals surface area contributed by atoms with Gasteiger partial charge in [0, 0.05) is 34.7 Å². The minimum Gasteiger partial charge on any atom is -0.457 e. The number of carbonyl (C=O) groups excluding carboxylic acids is 3. The Morgan fingerprint density at radius 1 is 1.00 bits per heavy atom. The molecule has 1 N–H and O–H groups in total. The summed E-state index contributed by atoms with van der Waals surface area (Å²) in [6.07, 6.45) is 0.0160. The Kier molecular flexibility index (Phi) is 7.29. The Hall–Kier alpha value is -4.36. The van der Waals surface area contributed by atoms with Gasteiger partial charge >= 0.3 is 5.97 Å². The number of nitrogens with zero attached hydrogens (tertiary/aromatic N) is 1. The number of hydrogen-bond donors (Lipinski definition) is 1. The highest BCUT2D eigenvalue weighted by molar-refractivity contribution is 6.31. The number of amides is 2. The molecule has 0 aliphatic carbocycles. The third kappa shape index (κ3) is 5.63. The number of rotatable bonds is 7. The lowest BCUT2D eigenvalue weighted by atomic mass is 10.1. The zero-order chi connectivity index (χ0) is 26.6. The van der Waals surface area contributed by atoms with Gasteiger partial charge in [-0.1, -0.05) is 54.1 Å². The largest absolute Gasteiger partial charge is 0.457 e. The number of nitrogens with one attached hydrogen (secondary N) is 1. The smallest absolute Gasteiger partial charge is 0.311 e. The highest BCUT2D eigenvalue weighted by Crippen LogP contribution is 2.32. The van der Waals surface area contributed by atoms with Crippen molar-refractivity contribution in [3.63, 3.8) is 0 Å². The quantitative estimate of drug-likeness (QED) is 0.292. The fourth-order valence-electron chi connectivity index (χ4n) is 4.39. The molecule has 1 saturated heterocycles. The number of hydrogen-bond acceptors (Lipinski definition) is 5. The molecule has 1 fully saturated rings. The van der Waals surface area contributed by atoms with Gasteiger partial charge in [0.05, 0.1) is 5.92 Å². The Morgan fingerprint density at radius 3 is 2.58 bits per heavy atom. The molecule has 0 saturated carbocycles. The lowest BCUT2D eigenvalue weighted by molar-refractivity contribution is -0.151. The maximum absolute atomic E-state index is 12.7. The summed E-state index contributed by atoms with van der Waals surface area (Å²) in [6, 6.07) is 26.1. The Balaban J connectivity index is 1.17. The summed E-state index contributed by atoms with van der Waals surface area (Å²) >= 11 is 5.98. The summed E-state index contributed by atoms with van der Waals surface area (Å²) in [7, 11) is 0. The molecule has 4 aromatic carbocycles. The molecule has 2 amide bonds. The molecule has 1 heterocycles. The molecule has 0 unspecified atom stereocenters. The van der Waals surface area contributed by atoms with Gasteiger partial charge in [0.25, 0.3) is 5.91 Å². The number of aryl methyl sites for hydroxylation is 1. The van der Waals surface area contributed by atoms with E-state index in [0.717, 1.165) is 22.1 Å². The van der Waals surface area contributed by atoms with E-state index in [9.17, 15) is 14.4 Å². The average Bonchev–Trinajstić information content (AvgIpc) is 3.31. The van der Waals surface area contributed by atoms with E-state index < -0.39 is 24.4 Å². The monoisotopic (exact) mass is 528 g/mol. The van der Waals surface area contributed by atoms with E-state index in [1.54, 1.807) is 47.4 Å². The zero-order valence-electron chi connectivity index (χ0n) is 20.6. The fraction of sp³-hybridized carbons (Fsp3) is 0.167. The molecular formula is C30H25ClN2O5. The minimum atomic E-state index is -0.658. The van der Waals surface area contributed by atoms with Crippen LogP contribution in [0.4, 0.5) is 11.4 Å². The lowest BCUT2D eigenvalue weighted by Crippen LogP contribution is -2.28. The van der Waals surface area contributed by atoms with Crippen LogP contribution in [0.1, 0.15) is 12.0 Å². The van der Waals surface area contributed by atoms with Gasteiger partial charge in [0.1, 0.15) is 11.5 Å². The molecule has 1 aliphatic heterocycles. The third-order valence-electron chi connectivity index (χ3n) is 6.40. The summed E-state index contributed by atoms with van der Waals surface area (Å²) in [5, 5.41) is 5.26. The summed E-state index contributed by atoms with van der Waals surface area (Å²) < 4.78 is 11.3. The van der Waals surface area contributed by atoms with Crippen molar-refractivity contribution in [3.8, 4) is 11.5 Å². The van der Waals surface area contributed by atoms with Crippen LogP contribution in [0.15, 0.2) is 84.9 Å². The van der Waals surface area contributed by atoms with Crippen LogP contribution in [0.2, 0.25) is 5.02 Å². The molecule has 0 radical (unpaired) electrons. The standard InChI is InChI=1S/C30H25ClN2O5/c1-19-9-10-22(31)16-26(19)32-28(34)18-37-30(36)21-15-29(35)33(17-21)23-11-13-24(14-12-23)38-27-8-4-6-20-5-2-3-7-25(20)27/h2-14,16,21H,15,17-18H2,1H3,(H,32,34)/t21-/m1/s1. The molecule has 0 aromatic heterocycles. The number of halogens is 1. The molecule has 192 valence electrons. The maximum atomic E-state index is 12.7. The van der Waals surface area contributed by atoms with E-state index in [4.69, 9.17) is 21.1 Å². The van der Waals surface area contributed by atoms with Crippen LogP contribution >= 0.6 is 11.6 Å². The van der Waals surface area contributed by atoms with Crippen molar-refractivity contribution >= 4 is 51.5 Å². The Labute approximate surface area is 224 Å².